The predicted octanol–water partition coefficient (Wildman–Crippen LogP) is 7.78. The van der Waals surface area contributed by atoms with E-state index in [-0.39, 0.29) is 0 Å². The molecule has 0 aliphatic heterocycles. The van der Waals surface area contributed by atoms with Crippen molar-refractivity contribution in [1.29, 1.82) is 0 Å². The average Bonchev–Trinajstić information content (AvgIpc) is 2.77. The van der Waals surface area contributed by atoms with Gasteiger partial charge in [0.25, 0.3) is 0 Å². The minimum Gasteiger partial charge on any atom is -0.377 e. The lowest BCUT2D eigenvalue weighted by atomic mass is 10.0. The van der Waals surface area contributed by atoms with Crippen molar-refractivity contribution in [2.45, 2.75) is 122 Å². The second-order valence-corrected chi connectivity index (χ2v) is 12.6. The molecule has 0 aromatic carbocycles. The Hall–Kier alpha value is 0.117. The molecule has 0 rings (SSSR count). The van der Waals surface area contributed by atoms with E-state index in [1.54, 1.807) is 21.3 Å². The van der Waals surface area contributed by atoms with Gasteiger partial charge in [-0.2, -0.15) is 0 Å². The van der Waals surface area contributed by atoms with Crippen LogP contribution in [0.2, 0.25) is 6.04 Å². The standard InChI is InChI=1S/C24H50O4SSi/c1-5-6-7-8-9-10-11-12-13-14-15-16-18-21-24(25)29-22-19-17-20-23-30(26-2,27-3)28-4/h5-23H2,1-4H3. The Kier molecular flexibility index (Phi) is 22.4. The molecule has 180 valence electrons. The van der Waals surface area contributed by atoms with Crippen LogP contribution in [0.15, 0.2) is 0 Å². The van der Waals surface area contributed by atoms with E-state index in [1.807, 2.05) is 0 Å². The van der Waals surface area contributed by atoms with Crippen LogP contribution in [0.25, 0.3) is 0 Å². The van der Waals surface area contributed by atoms with E-state index in [0.717, 1.165) is 43.9 Å². The van der Waals surface area contributed by atoms with Gasteiger partial charge in [0.05, 0.1) is 0 Å². The highest BCUT2D eigenvalue weighted by Gasteiger charge is 2.36. The van der Waals surface area contributed by atoms with Crippen molar-refractivity contribution in [1.82, 2.24) is 0 Å². The number of carbonyl (C=O) groups excluding carboxylic acids is 1. The average molecular weight is 463 g/mol. The lowest BCUT2D eigenvalue weighted by molar-refractivity contribution is -0.111. The van der Waals surface area contributed by atoms with Gasteiger partial charge in [-0.3, -0.25) is 4.79 Å². The second-order valence-electron chi connectivity index (χ2n) is 8.32. The molecule has 4 nitrogen and oxygen atoms in total. The molecule has 0 aliphatic rings. The van der Waals surface area contributed by atoms with Gasteiger partial charge in [-0.25, -0.2) is 0 Å². The lowest BCUT2D eigenvalue weighted by Gasteiger charge is -2.24. The van der Waals surface area contributed by atoms with Crippen LogP contribution in [0.5, 0.6) is 0 Å². The number of thioether (sulfide) groups is 1. The van der Waals surface area contributed by atoms with Crippen LogP contribution in [-0.4, -0.2) is 41.0 Å². The van der Waals surface area contributed by atoms with Gasteiger partial charge >= 0.3 is 8.80 Å². The molecule has 0 N–H and O–H groups in total. The van der Waals surface area contributed by atoms with Crippen LogP contribution in [0, 0.1) is 0 Å². The Morgan fingerprint density at radius 2 is 1.07 bits per heavy atom. The monoisotopic (exact) mass is 462 g/mol. The van der Waals surface area contributed by atoms with Gasteiger partial charge in [0.2, 0.25) is 0 Å². The summed E-state index contributed by atoms with van der Waals surface area (Å²) in [6.07, 6.45) is 21.4. The Bertz CT molecular complexity index is 370. The topological polar surface area (TPSA) is 44.8 Å². The number of hydrogen-bond acceptors (Lipinski definition) is 5. The van der Waals surface area contributed by atoms with Gasteiger partial charge in [-0.1, -0.05) is 102 Å². The highest BCUT2D eigenvalue weighted by atomic mass is 32.2. The zero-order chi connectivity index (χ0) is 22.3. The Morgan fingerprint density at radius 1 is 0.633 bits per heavy atom. The number of unbranched alkanes of at least 4 members (excludes halogenated alkanes) is 14. The minimum atomic E-state index is -2.42. The van der Waals surface area contributed by atoms with Crippen LogP contribution in [0.3, 0.4) is 0 Å². The molecule has 0 spiro atoms. The molecule has 0 bridgehead atoms. The van der Waals surface area contributed by atoms with Crippen molar-refractivity contribution >= 4 is 25.7 Å². The van der Waals surface area contributed by atoms with Crippen LogP contribution >= 0.6 is 11.8 Å². The van der Waals surface area contributed by atoms with E-state index in [2.05, 4.69) is 6.92 Å². The van der Waals surface area contributed by atoms with E-state index in [0.29, 0.717) is 5.12 Å². The number of hydrogen-bond donors (Lipinski definition) is 0. The summed E-state index contributed by atoms with van der Waals surface area (Å²) < 4.78 is 16.3. The normalized spacial score (nSPS) is 11.9. The molecule has 0 heterocycles. The van der Waals surface area contributed by atoms with Gasteiger partial charge in [0.1, 0.15) is 0 Å². The molecule has 0 saturated heterocycles. The van der Waals surface area contributed by atoms with Gasteiger partial charge in [-0.15, -0.1) is 0 Å². The summed E-state index contributed by atoms with van der Waals surface area (Å²) in [6.45, 7) is 2.28. The maximum atomic E-state index is 12.0. The van der Waals surface area contributed by atoms with E-state index in [9.17, 15) is 4.79 Å². The van der Waals surface area contributed by atoms with Crippen molar-refractivity contribution in [2.24, 2.45) is 0 Å². The summed E-state index contributed by atoms with van der Waals surface area (Å²) in [4.78, 5) is 12.0. The molecule has 30 heavy (non-hydrogen) atoms. The smallest absolute Gasteiger partial charge is 0.377 e. The maximum absolute atomic E-state index is 12.0. The molecule has 0 aromatic rings. The molecule has 0 fully saturated rings. The highest BCUT2D eigenvalue weighted by Crippen LogP contribution is 2.19. The van der Waals surface area contributed by atoms with Gasteiger partial charge < -0.3 is 13.3 Å². The molecule has 0 aliphatic carbocycles. The molecule has 0 radical (unpaired) electrons. The van der Waals surface area contributed by atoms with Crippen molar-refractivity contribution in [3.05, 3.63) is 0 Å². The van der Waals surface area contributed by atoms with Crippen LogP contribution in [0.4, 0.5) is 0 Å². The summed E-state index contributed by atoms with van der Waals surface area (Å²) in [5.41, 5.74) is 0. The first-order chi connectivity index (χ1) is 14.6. The largest absolute Gasteiger partial charge is 0.500 e. The van der Waals surface area contributed by atoms with Crippen molar-refractivity contribution in [3.8, 4) is 0 Å². The van der Waals surface area contributed by atoms with E-state index < -0.39 is 8.80 Å². The molecule has 0 unspecified atom stereocenters. The first-order valence-electron chi connectivity index (χ1n) is 12.4. The number of rotatable bonds is 23. The van der Waals surface area contributed by atoms with Crippen LogP contribution in [-0.2, 0) is 18.1 Å². The quantitative estimate of drug-likeness (QED) is 0.115. The third-order valence-electron chi connectivity index (χ3n) is 5.81. The lowest BCUT2D eigenvalue weighted by Crippen LogP contribution is -2.42. The molecule has 0 saturated carbocycles. The third-order valence-corrected chi connectivity index (χ3v) is 9.66. The molecule has 0 atom stereocenters. The van der Waals surface area contributed by atoms with Crippen LogP contribution < -0.4 is 0 Å². The SMILES string of the molecule is CCCCCCCCCCCCCCCC(=O)SCCCCC[Si](OC)(OC)OC. The van der Waals surface area contributed by atoms with Gasteiger partial charge in [-0.05, 0) is 19.3 Å². The Balaban J connectivity index is 3.35. The third kappa shape index (κ3) is 17.8. The van der Waals surface area contributed by atoms with Crippen molar-refractivity contribution < 1.29 is 18.1 Å². The fraction of sp³-hybridized carbons (Fsp3) is 0.958. The summed E-state index contributed by atoms with van der Waals surface area (Å²) in [7, 11) is 2.55. The fourth-order valence-electron chi connectivity index (χ4n) is 3.72. The van der Waals surface area contributed by atoms with E-state index >= 15 is 0 Å². The molecular weight excluding hydrogens is 412 g/mol. The zero-order valence-electron chi connectivity index (χ0n) is 20.5. The molecule has 6 heteroatoms. The highest BCUT2D eigenvalue weighted by molar-refractivity contribution is 8.13. The van der Waals surface area contributed by atoms with Crippen molar-refractivity contribution in [2.75, 3.05) is 27.1 Å². The molecule has 0 aromatic heterocycles. The first-order valence-corrected chi connectivity index (χ1v) is 15.4. The Morgan fingerprint density at radius 3 is 1.53 bits per heavy atom. The summed E-state index contributed by atoms with van der Waals surface area (Å²) in [6, 6.07) is 0.841. The van der Waals surface area contributed by atoms with Gasteiger partial charge in [0.15, 0.2) is 5.12 Å². The first kappa shape index (κ1) is 30.1. The Labute approximate surface area is 193 Å². The second kappa shape index (κ2) is 22.3. The summed E-state index contributed by atoms with van der Waals surface area (Å²) in [5.74, 6) is 0.929. The molecule has 0 amide bonds. The summed E-state index contributed by atoms with van der Waals surface area (Å²) in [5, 5.41) is 0.368. The minimum absolute atomic E-state index is 0.368. The maximum Gasteiger partial charge on any atom is 0.500 e. The van der Waals surface area contributed by atoms with Crippen LogP contribution in [0.1, 0.15) is 116 Å². The van der Waals surface area contributed by atoms with Crippen molar-refractivity contribution in [3.63, 3.8) is 0 Å². The van der Waals surface area contributed by atoms with E-state index in [4.69, 9.17) is 13.3 Å². The fourth-order valence-corrected chi connectivity index (χ4v) is 6.38. The number of carbonyl (C=O) groups is 1. The van der Waals surface area contributed by atoms with Gasteiger partial charge in [0, 0.05) is 39.5 Å². The molecular formula is C24H50O4SSi. The predicted molar refractivity (Wildman–Crippen MR) is 133 cm³/mol. The summed E-state index contributed by atoms with van der Waals surface area (Å²) >= 11 is 1.51. The van der Waals surface area contributed by atoms with E-state index in [1.165, 1.54) is 88.8 Å². The zero-order valence-corrected chi connectivity index (χ0v) is 22.3.